The summed E-state index contributed by atoms with van der Waals surface area (Å²) in [5, 5.41) is 9.90. The summed E-state index contributed by atoms with van der Waals surface area (Å²) < 4.78 is 6.05. The van der Waals surface area contributed by atoms with Crippen molar-refractivity contribution in [2.45, 2.75) is 77.4 Å². The Morgan fingerprint density at radius 2 is 1.19 bits per heavy atom. The van der Waals surface area contributed by atoms with Crippen LogP contribution in [0, 0.1) is 0 Å². The maximum absolute atomic E-state index is 9.90. The highest BCUT2D eigenvalue weighted by Gasteiger charge is 2.46. The topological polar surface area (TPSA) is 55.5 Å². The van der Waals surface area contributed by atoms with E-state index in [4.69, 9.17) is 10.2 Å². The van der Waals surface area contributed by atoms with Gasteiger partial charge in [-0.25, -0.2) is 0 Å². The van der Waals surface area contributed by atoms with Gasteiger partial charge in [0, 0.05) is 0 Å². The van der Waals surface area contributed by atoms with Crippen LogP contribution < -0.4 is 5.73 Å². The van der Waals surface area contributed by atoms with Gasteiger partial charge >= 0.3 is 0 Å². The van der Waals surface area contributed by atoms with Crippen LogP contribution in [0.3, 0.4) is 0 Å². The van der Waals surface area contributed by atoms with Crippen molar-refractivity contribution in [3.8, 4) is 0 Å². The Morgan fingerprint density at radius 1 is 0.875 bits per heavy atom. The van der Waals surface area contributed by atoms with E-state index in [1.807, 2.05) is 0 Å². The first kappa shape index (κ1) is 16.1. The molecule has 0 aromatic heterocycles. The molecule has 0 amide bonds. The maximum Gasteiger partial charge on any atom is 0.203 e. The molecule has 0 aromatic carbocycles. The van der Waals surface area contributed by atoms with Crippen molar-refractivity contribution in [2.75, 3.05) is 0 Å². The van der Waals surface area contributed by atoms with Crippen LogP contribution in [-0.2, 0) is 4.43 Å². The highest BCUT2D eigenvalue weighted by molar-refractivity contribution is 6.77. The van der Waals surface area contributed by atoms with Crippen LogP contribution in [0.25, 0.3) is 0 Å². The summed E-state index contributed by atoms with van der Waals surface area (Å²) in [6.07, 6.45) is -0.834. The van der Waals surface area contributed by atoms with Gasteiger partial charge in [-0.05, 0) is 23.5 Å². The minimum absolute atomic E-state index is 0.330. The van der Waals surface area contributed by atoms with Crippen LogP contribution >= 0.6 is 0 Å². The first-order valence-corrected chi connectivity index (χ1v) is 8.41. The molecular weight excluding hydrogens is 218 g/mol. The van der Waals surface area contributed by atoms with E-state index in [0.717, 1.165) is 0 Å². The molecule has 0 aromatic rings. The van der Waals surface area contributed by atoms with Crippen LogP contribution in [0.15, 0.2) is 0 Å². The second kappa shape index (κ2) is 6.14. The Balaban J connectivity index is 5.05. The molecule has 0 saturated carbocycles. The van der Waals surface area contributed by atoms with Crippen molar-refractivity contribution in [2.24, 2.45) is 5.73 Å². The lowest BCUT2D eigenvalue weighted by atomic mass is 10.4. The second-order valence-corrected chi connectivity index (χ2v) is 11.1. The summed E-state index contributed by atoms with van der Waals surface area (Å²) in [6, 6.07) is -0.330. The third-order valence-corrected chi connectivity index (χ3v) is 9.55. The highest BCUT2D eigenvalue weighted by Crippen LogP contribution is 2.42. The van der Waals surface area contributed by atoms with E-state index in [2.05, 4.69) is 41.5 Å². The molecule has 98 valence electrons. The minimum Gasteiger partial charge on any atom is -0.390 e. The van der Waals surface area contributed by atoms with Crippen LogP contribution in [0.1, 0.15) is 48.5 Å². The number of hydrogen-bond acceptors (Lipinski definition) is 3. The van der Waals surface area contributed by atoms with Crippen molar-refractivity contribution < 1.29 is 9.53 Å². The maximum atomic E-state index is 9.90. The van der Waals surface area contributed by atoms with Crippen LogP contribution in [0.5, 0.6) is 0 Å². The Bertz CT molecular complexity index is 183. The van der Waals surface area contributed by atoms with E-state index >= 15 is 0 Å². The van der Waals surface area contributed by atoms with Crippen molar-refractivity contribution in [1.82, 2.24) is 0 Å². The van der Waals surface area contributed by atoms with Gasteiger partial charge in [-0.15, -0.1) is 0 Å². The van der Waals surface area contributed by atoms with Gasteiger partial charge < -0.3 is 15.3 Å². The monoisotopic (exact) mass is 247 g/mol. The average Bonchev–Trinajstić information content (AvgIpc) is 2.11. The van der Waals surface area contributed by atoms with E-state index in [1.165, 1.54) is 0 Å². The van der Waals surface area contributed by atoms with Gasteiger partial charge in [-0.3, -0.25) is 0 Å². The molecule has 0 bridgehead atoms. The first-order valence-electron chi connectivity index (χ1n) is 6.27. The summed E-state index contributed by atoms with van der Waals surface area (Å²) in [4.78, 5) is 0. The quantitative estimate of drug-likeness (QED) is 0.560. The Labute approximate surface area is 102 Å². The summed E-state index contributed by atoms with van der Waals surface area (Å²) in [6.45, 7) is 14.9. The van der Waals surface area contributed by atoms with E-state index in [0.29, 0.717) is 16.6 Å². The van der Waals surface area contributed by atoms with Crippen molar-refractivity contribution in [3.63, 3.8) is 0 Å². The largest absolute Gasteiger partial charge is 0.390 e. The van der Waals surface area contributed by atoms with Crippen LogP contribution in [-0.4, -0.2) is 25.8 Å². The van der Waals surface area contributed by atoms with Gasteiger partial charge in [0.05, 0.1) is 6.04 Å². The molecule has 0 heterocycles. The van der Waals surface area contributed by atoms with E-state index in [1.54, 1.807) is 6.92 Å². The van der Waals surface area contributed by atoms with Crippen LogP contribution in [0.2, 0.25) is 16.6 Å². The molecular formula is C12H29NO2Si. The third-order valence-electron chi connectivity index (χ3n) is 3.48. The molecule has 0 aliphatic heterocycles. The molecule has 0 saturated heterocycles. The Hall–Kier alpha value is 0.0969. The van der Waals surface area contributed by atoms with Crippen molar-refractivity contribution in [1.29, 1.82) is 0 Å². The summed E-state index contributed by atoms with van der Waals surface area (Å²) in [7, 11) is -1.98. The zero-order chi connectivity index (χ0) is 13.1. The Kier molecular flexibility index (Phi) is 6.18. The number of rotatable bonds is 6. The number of hydrogen-bond donors (Lipinski definition) is 2. The SMILES string of the molecule is CC(N)[C@H](O)O[Si](C(C)C)(C(C)C)C(C)C. The molecule has 0 fully saturated rings. The van der Waals surface area contributed by atoms with E-state index in [9.17, 15) is 5.11 Å². The minimum atomic E-state index is -1.98. The van der Waals surface area contributed by atoms with Gasteiger partial charge in [0.25, 0.3) is 0 Å². The lowest BCUT2D eigenvalue weighted by molar-refractivity contribution is -0.0451. The summed E-state index contributed by atoms with van der Waals surface area (Å²) >= 11 is 0. The predicted octanol–water partition coefficient (Wildman–Crippen LogP) is 2.84. The lowest BCUT2D eigenvalue weighted by Crippen LogP contribution is -2.53. The molecule has 2 atom stereocenters. The second-order valence-electron chi connectivity index (χ2n) is 5.69. The molecule has 0 aliphatic carbocycles. The lowest BCUT2D eigenvalue weighted by Gasteiger charge is -2.44. The zero-order valence-corrected chi connectivity index (χ0v) is 12.8. The Morgan fingerprint density at radius 3 is 1.38 bits per heavy atom. The molecule has 0 spiro atoms. The summed E-state index contributed by atoms with van der Waals surface area (Å²) in [5.41, 5.74) is 7.11. The van der Waals surface area contributed by atoms with Gasteiger partial charge in [-0.1, -0.05) is 41.5 Å². The average molecular weight is 247 g/mol. The van der Waals surface area contributed by atoms with Gasteiger partial charge in [0.1, 0.15) is 0 Å². The van der Waals surface area contributed by atoms with Gasteiger partial charge in [0.2, 0.25) is 8.32 Å². The first-order chi connectivity index (χ1) is 7.16. The number of aliphatic hydroxyl groups is 1. The zero-order valence-electron chi connectivity index (χ0n) is 11.8. The molecule has 1 unspecified atom stereocenters. The van der Waals surface area contributed by atoms with Crippen LogP contribution in [0.4, 0.5) is 0 Å². The molecule has 4 heteroatoms. The fraction of sp³-hybridized carbons (Fsp3) is 1.00. The molecule has 0 aliphatic rings. The van der Waals surface area contributed by atoms with Crippen molar-refractivity contribution >= 4 is 8.32 Å². The number of nitrogens with two attached hydrogens (primary N) is 1. The van der Waals surface area contributed by atoms with Gasteiger partial charge in [0.15, 0.2) is 6.29 Å². The number of aliphatic hydroxyl groups excluding tert-OH is 1. The normalized spacial score (nSPS) is 17.2. The predicted molar refractivity (Wildman–Crippen MR) is 71.8 cm³/mol. The van der Waals surface area contributed by atoms with E-state index < -0.39 is 14.6 Å². The van der Waals surface area contributed by atoms with E-state index in [-0.39, 0.29) is 6.04 Å². The summed E-state index contributed by atoms with van der Waals surface area (Å²) in [5.74, 6) is 0. The molecule has 0 rings (SSSR count). The smallest absolute Gasteiger partial charge is 0.203 e. The standard InChI is InChI=1S/C12H29NO2Si/c1-8(2)16(9(3)4,10(5)6)15-12(14)11(7)13/h8-12,14H,13H2,1-7H3/t11?,12-/m1/s1. The van der Waals surface area contributed by atoms with Crippen molar-refractivity contribution in [3.05, 3.63) is 0 Å². The molecule has 3 N–H and O–H groups in total. The van der Waals surface area contributed by atoms with Gasteiger partial charge in [-0.2, -0.15) is 0 Å². The highest BCUT2D eigenvalue weighted by atomic mass is 28.4. The third kappa shape index (κ3) is 3.29. The molecule has 0 radical (unpaired) electrons. The fourth-order valence-electron chi connectivity index (χ4n) is 2.72. The fourth-order valence-corrected chi connectivity index (χ4v) is 8.17. The molecule has 16 heavy (non-hydrogen) atoms. The molecule has 3 nitrogen and oxygen atoms in total.